The van der Waals surface area contributed by atoms with E-state index < -0.39 is 11.7 Å². The maximum atomic E-state index is 12.5. The van der Waals surface area contributed by atoms with Gasteiger partial charge in [0.2, 0.25) is 0 Å². The van der Waals surface area contributed by atoms with Gasteiger partial charge in [0.25, 0.3) is 0 Å². The number of halogens is 3. The molecular weight excluding hydrogens is 267 g/mol. The van der Waals surface area contributed by atoms with Gasteiger partial charge in [0, 0.05) is 12.0 Å². The Kier molecular flexibility index (Phi) is 4.58. The highest BCUT2D eigenvalue weighted by Crippen LogP contribution is 2.32. The normalized spacial score (nSPS) is 23.6. The van der Waals surface area contributed by atoms with Gasteiger partial charge in [-0.05, 0) is 50.1 Å². The van der Waals surface area contributed by atoms with Crippen LogP contribution >= 0.6 is 0 Å². The molecule has 1 aliphatic heterocycles. The van der Waals surface area contributed by atoms with E-state index in [0.29, 0.717) is 12.4 Å². The summed E-state index contributed by atoms with van der Waals surface area (Å²) < 4.78 is 43.0. The quantitative estimate of drug-likeness (QED) is 0.911. The van der Waals surface area contributed by atoms with Crippen molar-refractivity contribution in [2.45, 2.75) is 25.4 Å². The van der Waals surface area contributed by atoms with Crippen molar-refractivity contribution >= 4 is 0 Å². The summed E-state index contributed by atoms with van der Waals surface area (Å²) in [5.74, 6) is 0.469. The molecule has 20 heavy (non-hydrogen) atoms. The van der Waals surface area contributed by atoms with Crippen molar-refractivity contribution in [1.82, 2.24) is 5.32 Å². The molecule has 2 nitrogen and oxygen atoms in total. The summed E-state index contributed by atoms with van der Waals surface area (Å²) in [6.07, 6.45) is -1.45. The highest BCUT2D eigenvalue weighted by Gasteiger charge is 2.32. The number of alkyl halides is 3. The number of hydrogen-bond acceptors (Lipinski definition) is 2. The van der Waals surface area contributed by atoms with E-state index >= 15 is 0 Å². The first-order valence-corrected chi connectivity index (χ1v) is 6.75. The third-order valence-electron chi connectivity index (χ3n) is 3.82. The zero-order chi connectivity index (χ0) is 14.6. The van der Waals surface area contributed by atoms with Crippen molar-refractivity contribution in [2.24, 2.45) is 5.41 Å². The van der Waals surface area contributed by atoms with E-state index in [4.69, 9.17) is 4.74 Å². The van der Waals surface area contributed by atoms with Crippen molar-refractivity contribution in [3.63, 3.8) is 0 Å². The number of piperidine rings is 1. The van der Waals surface area contributed by atoms with Gasteiger partial charge in [-0.3, -0.25) is 0 Å². The van der Waals surface area contributed by atoms with Crippen LogP contribution in [0.4, 0.5) is 13.2 Å². The molecule has 1 aliphatic rings. The van der Waals surface area contributed by atoms with E-state index in [1.807, 2.05) is 0 Å². The molecule has 0 saturated carbocycles. The lowest BCUT2D eigenvalue weighted by atomic mass is 9.79. The average Bonchev–Trinajstić information content (AvgIpc) is 2.46. The van der Waals surface area contributed by atoms with E-state index in [2.05, 4.69) is 12.2 Å². The molecule has 0 spiro atoms. The molecule has 1 N–H and O–H groups in total. The van der Waals surface area contributed by atoms with E-state index in [0.717, 1.165) is 44.5 Å². The summed E-state index contributed by atoms with van der Waals surface area (Å²) in [6, 6.07) is 4.84. The highest BCUT2D eigenvalue weighted by molar-refractivity contribution is 5.28. The zero-order valence-electron chi connectivity index (χ0n) is 11.3. The minimum Gasteiger partial charge on any atom is -0.493 e. The first kappa shape index (κ1) is 15.2. The van der Waals surface area contributed by atoms with Crippen molar-refractivity contribution in [3.05, 3.63) is 36.8 Å². The summed E-state index contributed by atoms with van der Waals surface area (Å²) in [7, 11) is 0. The molecular formula is C15H19F3NO. The fraction of sp³-hybridized carbons (Fsp3) is 0.533. The van der Waals surface area contributed by atoms with E-state index in [1.54, 1.807) is 0 Å². The molecule has 1 heterocycles. The van der Waals surface area contributed by atoms with Crippen LogP contribution in [0.15, 0.2) is 24.3 Å². The highest BCUT2D eigenvalue weighted by atomic mass is 19.4. The molecule has 0 amide bonds. The Bertz CT molecular complexity index is 422. The molecule has 0 aliphatic carbocycles. The Balaban J connectivity index is 1.96. The van der Waals surface area contributed by atoms with Gasteiger partial charge in [0.05, 0.1) is 12.2 Å². The summed E-state index contributed by atoms with van der Waals surface area (Å²) in [5, 5.41) is 3.32. The first-order valence-electron chi connectivity index (χ1n) is 6.75. The van der Waals surface area contributed by atoms with Crippen molar-refractivity contribution in [2.75, 3.05) is 19.7 Å². The second-order valence-electron chi connectivity index (χ2n) is 5.34. The molecule has 111 valence electrons. The maximum absolute atomic E-state index is 12.5. The number of nitrogens with one attached hydrogen (secondary N) is 1. The smallest absolute Gasteiger partial charge is 0.416 e. The SMILES string of the molecule is [CH2]CC1(COc2ccc(C(F)(F)F)cc2)CCCNC1. The minimum atomic E-state index is -4.31. The lowest BCUT2D eigenvalue weighted by Gasteiger charge is -2.36. The lowest BCUT2D eigenvalue weighted by Crippen LogP contribution is -2.43. The van der Waals surface area contributed by atoms with Crippen LogP contribution in [0.1, 0.15) is 24.8 Å². The monoisotopic (exact) mass is 286 g/mol. The molecule has 1 radical (unpaired) electrons. The van der Waals surface area contributed by atoms with Gasteiger partial charge >= 0.3 is 6.18 Å². The molecule has 1 fully saturated rings. The molecule has 1 aromatic carbocycles. The van der Waals surface area contributed by atoms with Crippen LogP contribution in [-0.2, 0) is 6.18 Å². The molecule has 1 aromatic rings. The zero-order valence-corrected chi connectivity index (χ0v) is 11.3. The van der Waals surface area contributed by atoms with Gasteiger partial charge in [0.15, 0.2) is 0 Å². The first-order chi connectivity index (χ1) is 9.45. The Morgan fingerprint density at radius 3 is 2.45 bits per heavy atom. The predicted octanol–water partition coefficient (Wildman–Crippen LogP) is 3.68. The van der Waals surface area contributed by atoms with Gasteiger partial charge in [-0.1, -0.05) is 6.92 Å². The molecule has 1 saturated heterocycles. The van der Waals surface area contributed by atoms with E-state index in [1.165, 1.54) is 12.1 Å². The summed E-state index contributed by atoms with van der Waals surface area (Å²) in [5.41, 5.74) is -0.669. The number of hydrogen-bond donors (Lipinski definition) is 1. The number of rotatable bonds is 4. The standard InChI is InChI=1S/C15H19F3NO/c1-2-14(8-3-9-19-10-14)11-20-13-6-4-12(5-7-13)15(16,17)18/h4-7,19H,1-3,8-11H2. The van der Waals surface area contributed by atoms with Gasteiger partial charge < -0.3 is 10.1 Å². The number of benzene rings is 1. The molecule has 0 bridgehead atoms. The predicted molar refractivity (Wildman–Crippen MR) is 71.4 cm³/mol. The van der Waals surface area contributed by atoms with Gasteiger partial charge in [-0.2, -0.15) is 13.2 Å². The summed E-state index contributed by atoms with van der Waals surface area (Å²) in [4.78, 5) is 0. The second kappa shape index (κ2) is 6.04. The van der Waals surface area contributed by atoms with Gasteiger partial charge in [-0.15, -0.1) is 0 Å². The van der Waals surface area contributed by atoms with Gasteiger partial charge in [-0.25, -0.2) is 0 Å². The molecule has 0 aromatic heterocycles. The van der Waals surface area contributed by atoms with E-state index in [-0.39, 0.29) is 5.41 Å². The fourth-order valence-electron chi connectivity index (χ4n) is 2.42. The minimum absolute atomic E-state index is 0.0129. The molecule has 1 unspecified atom stereocenters. The summed E-state index contributed by atoms with van der Waals surface area (Å²) in [6.45, 7) is 6.30. The molecule has 5 heteroatoms. The topological polar surface area (TPSA) is 21.3 Å². The Labute approximate surface area is 117 Å². The van der Waals surface area contributed by atoms with Crippen LogP contribution in [0.3, 0.4) is 0 Å². The molecule has 2 rings (SSSR count). The Hall–Kier alpha value is -1.23. The second-order valence-corrected chi connectivity index (χ2v) is 5.34. The van der Waals surface area contributed by atoms with Crippen molar-refractivity contribution in [1.29, 1.82) is 0 Å². The Morgan fingerprint density at radius 1 is 1.25 bits per heavy atom. The van der Waals surface area contributed by atoms with Gasteiger partial charge in [0.1, 0.15) is 5.75 Å². The molecule has 1 atom stereocenters. The van der Waals surface area contributed by atoms with Crippen molar-refractivity contribution < 1.29 is 17.9 Å². The average molecular weight is 286 g/mol. The largest absolute Gasteiger partial charge is 0.493 e. The van der Waals surface area contributed by atoms with Crippen LogP contribution in [0, 0.1) is 12.3 Å². The van der Waals surface area contributed by atoms with Crippen molar-refractivity contribution in [3.8, 4) is 5.75 Å². The number of ether oxygens (including phenoxy) is 1. The summed E-state index contributed by atoms with van der Waals surface area (Å²) >= 11 is 0. The van der Waals surface area contributed by atoms with Crippen LogP contribution in [0.2, 0.25) is 0 Å². The van der Waals surface area contributed by atoms with Crippen LogP contribution in [0.5, 0.6) is 5.75 Å². The third-order valence-corrected chi connectivity index (χ3v) is 3.82. The maximum Gasteiger partial charge on any atom is 0.416 e. The van der Waals surface area contributed by atoms with E-state index in [9.17, 15) is 13.2 Å². The third kappa shape index (κ3) is 3.66. The Morgan fingerprint density at radius 2 is 1.95 bits per heavy atom. The van der Waals surface area contributed by atoms with Crippen LogP contribution < -0.4 is 10.1 Å². The van der Waals surface area contributed by atoms with Crippen LogP contribution in [0.25, 0.3) is 0 Å². The van der Waals surface area contributed by atoms with Crippen LogP contribution in [-0.4, -0.2) is 19.7 Å². The fourth-order valence-corrected chi connectivity index (χ4v) is 2.42. The lowest BCUT2D eigenvalue weighted by molar-refractivity contribution is -0.137.